The highest BCUT2D eigenvalue weighted by molar-refractivity contribution is 7.22. The molecule has 26 heavy (non-hydrogen) atoms. The van der Waals surface area contributed by atoms with E-state index in [0.717, 1.165) is 56.3 Å². The van der Waals surface area contributed by atoms with E-state index >= 15 is 0 Å². The molecule has 0 bridgehead atoms. The maximum Gasteiger partial charge on any atom is 0.223 e. The number of nitrogens with one attached hydrogen (secondary N) is 2. The summed E-state index contributed by atoms with van der Waals surface area (Å²) in [6.45, 7) is 6.41. The van der Waals surface area contributed by atoms with Gasteiger partial charge in [-0.3, -0.25) is 0 Å². The number of fused-ring (bicyclic) bond motifs is 1. The van der Waals surface area contributed by atoms with Gasteiger partial charge in [-0.25, -0.2) is 9.97 Å². The van der Waals surface area contributed by atoms with Gasteiger partial charge in [0.2, 0.25) is 5.95 Å². The van der Waals surface area contributed by atoms with Gasteiger partial charge in [0.25, 0.3) is 0 Å². The van der Waals surface area contributed by atoms with Gasteiger partial charge < -0.3 is 15.5 Å². The summed E-state index contributed by atoms with van der Waals surface area (Å²) in [6.07, 6.45) is 2.76. The van der Waals surface area contributed by atoms with E-state index in [9.17, 15) is 0 Å². The zero-order valence-corrected chi connectivity index (χ0v) is 16.1. The molecule has 1 aliphatic rings. The number of thiophene rings is 1. The van der Waals surface area contributed by atoms with Gasteiger partial charge in [-0.05, 0) is 30.5 Å². The SMILES string of the molecule is Clc1cnc(NCCCN2CCNCC2)nc1-c1cc2ccccc2s1. The van der Waals surface area contributed by atoms with Crippen molar-refractivity contribution in [3.05, 3.63) is 41.6 Å². The van der Waals surface area contributed by atoms with Crippen LogP contribution in [0.4, 0.5) is 5.95 Å². The van der Waals surface area contributed by atoms with E-state index in [1.807, 2.05) is 6.07 Å². The summed E-state index contributed by atoms with van der Waals surface area (Å²) in [5, 5.41) is 8.52. The lowest BCUT2D eigenvalue weighted by atomic mass is 10.2. The fraction of sp³-hybridized carbons (Fsp3) is 0.368. The molecule has 0 radical (unpaired) electrons. The van der Waals surface area contributed by atoms with E-state index in [4.69, 9.17) is 11.6 Å². The van der Waals surface area contributed by atoms with E-state index in [2.05, 4.69) is 49.8 Å². The van der Waals surface area contributed by atoms with Gasteiger partial charge in [0.15, 0.2) is 0 Å². The van der Waals surface area contributed by atoms with Crippen LogP contribution in [-0.4, -0.2) is 54.1 Å². The zero-order valence-electron chi connectivity index (χ0n) is 14.5. The second-order valence-electron chi connectivity index (χ2n) is 6.41. The quantitative estimate of drug-likeness (QED) is 0.631. The Bertz CT molecular complexity index is 842. The van der Waals surface area contributed by atoms with E-state index < -0.39 is 0 Å². The summed E-state index contributed by atoms with van der Waals surface area (Å²) in [6, 6.07) is 10.5. The lowest BCUT2D eigenvalue weighted by Crippen LogP contribution is -2.44. The van der Waals surface area contributed by atoms with Crippen molar-refractivity contribution in [3.63, 3.8) is 0 Å². The zero-order chi connectivity index (χ0) is 17.8. The Morgan fingerprint density at radius 3 is 2.92 bits per heavy atom. The fourth-order valence-electron chi connectivity index (χ4n) is 3.16. The van der Waals surface area contributed by atoms with E-state index in [0.29, 0.717) is 11.0 Å². The Kier molecular flexibility index (Phi) is 5.65. The van der Waals surface area contributed by atoms with Crippen LogP contribution in [0.1, 0.15) is 6.42 Å². The average Bonchev–Trinajstić information content (AvgIpc) is 3.11. The highest BCUT2D eigenvalue weighted by Gasteiger charge is 2.12. The molecule has 1 fully saturated rings. The second-order valence-corrected chi connectivity index (χ2v) is 7.90. The van der Waals surface area contributed by atoms with Crippen molar-refractivity contribution in [2.45, 2.75) is 6.42 Å². The average molecular weight is 388 g/mol. The van der Waals surface area contributed by atoms with Crippen LogP contribution in [0.25, 0.3) is 20.7 Å². The number of aromatic nitrogens is 2. The number of piperazine rings is 1. The minimum Gasteiger partial charge on any atom is -0.354 e. The van der Waals surface area contributed by atoms with Crippen molar-refractivity contribution in [2.24, 2.45) is 0 Å². The summed E-state index contributed by atoms with van der Waals surface area (Å²) in [7, 11) is 0. The van der Waals surface area contributed by atoms with Crippen LogP contribution in [-0.2, 0) is 0 Å². The highest BCUT2D eigenvalue weighted by Crippen LogP contribution is 2.35. The summed E-state index contributed by atoms with van der Waals surface area (Å²) in [5.41, 5.74) is 0.799. The molecule has 3 aromatic rings. The first-order valence-electron chi connectivity index (χ1n) is 8.98. The topological polar surface area (TPSA) is 53.1 Å². The van der Waals surface area contributed by atoms with E-state index in [-0.39, 0.29) is 0 Å². The predicted octanol–water partition coefficient (Wildman–Crippen LogP) is 3.72. The summed E-state index contributed by atoms with van der Waals surface area (Å²) < 4.78 is 1.24. The minimum atomic E-state index is 0.586. The van der Waals surface area contributed by atoms with Crippen molar-refractivity contribution in [1.82, 2.24) is 20.2 Å². The first-order valence-corrected chi connectivity index (χ1v) is 10.2. The van der Waals surface area contributed by atoms with Crippen molar-refractivity contribution in [1.29, 1.82) is 0 Å². The Hall–Kier alpha value is -1.73. The van der Waals surface area contributed by atoms with E-state index in [1.54, 1.807) is 17.5 Å². The molecular weight excluding hydrogens is 366 g/mol. The third kappa shape index (κ3) is 4.15. The molecule has 1 aliphatic heterocycles. The Labute approximate surface area is 162 Å². The Morgan fingerprint density at radius 1 is 1.23 bits per heavy atom. The summed E-state index contributed by atoms with van der Waals surface area (Å²) in [5.74, 6) is 0.641. The summed E-state index contributed by atoms with van der Waals surface area (Å²) in [4.78, 5) is 12.5. The van der Waals surface area contributed by atoms with Crippen LogP contribution < -0.4 is 10.6 Å². The molecule has 2 N–H and O–H groups in total. The largest absolute Gasteiger partial charge is 0.354 e. The van der Waals surface area contributed by atoms with Gasteiger partial charge in [-0.1, -0.05) is 29.8 Å². The number of rotatable bonds is 6. The molecule has 0 spiro atoms. The molecule has 4 rings (SSSR count). The molecule has 1 saturated heterocycles. The number of hydrogen-bond acceptors (Lipinski definition) is 6. The van der Waals surface area contributed by atoms with Crippen LogP contribution in [0.3, 0.4) is 0 Å². The van der Waals surface area contributed by atoms with Crippen molar-refractivity contribution in [3.8, 4) is 10.6 Å². The third-order valence-electron chi connectivity index (χ3n) is 4.55. The Balaban J connectivity index is 1.41. The van der Waals surface area contributed by atoms with Crippen molar-refractivity contribution in [2.75, 3.05) is 44.6 Å². The summed E-state index contributed by atoms with van der Waals surface area (Å²) >= 11 is 8.07. The molecule has 5 nitrogen and oxygen atoms in total. The number of anilines is 1. The molecule has 136 valence electrons. The van der Waals surface area contributed by atoms with Gasteiger partial charge in [-0.2, -0.15) is 0 Å². The van der Waals surface area contributed by atoms with Gasteiger partial charge >= 0.3 is 0 Å². The predicted molar refractivity (Wildman–Crippen MR) is 110 cm³/mol. The van der Waals surface area contributed by atoms with Crippen LogP contribution in [0.15, 0.2) is 36.5 Å². The van der Waals surface area contributed by atoms with Crippen LogP contribution >= 0.6 is 22.9 Å². The minimum absolute atomic E-state index is 0.586. The van der Waals surface area contributed by atoms with Crippen LogP contribution in [0, 0.1) is 0 Å². The second kappa shape index (κ2) is 8.31. The first-order chi connectivity index (χ1) is 12.8. The molecule has 0 amide bonds. The molecule has 2 aromatic heterocycles. The van der Waals surface area contributed by atoms with Gasteiger partial charge in [0.1, 0.15) is 5.69 Å². The van der Waals surface area contributed by atoms with Crippen LogP contribution in [0.5, 0.6) is 0 Å². The highest BCUT2D eigenvalue weighted by atomic mass is 35.5. The molecular formula is C19H22ClN5S. The number of nitrogens with zero attached hydrogens (tertiary/aromatic N) is 3. The fourth-order valence-corrected chi connectivity index (χ4v) is 4.48. The molecule has 7 heteroatoms. The van der Waals surface area contributed by atoms with Crippen LogP contribution in [0.2, 0.25) is 5.02 Å². The van der Waals surface area contributed by atoms with Crippen molar-refractivity contribution < 1.29 is 0 Å². The molecule has 0 saturated carbocycles. The maximum absolute atomic E-state index is 6.36. The van der Waals surface area contributed by atoms with E-state index in [1.165, 1.54) is 10.1 Å². The van der Waals surface area contributed by atoms with Gasteiger partial charge in [0, 0.05) is 37.4 Å². The lowest BCUT2D eigenvalue weighted by molar-refractivity contribution is 0.240. The molecule has 0 aliphatic carbocycles. The maximum atomic E-state index is 6.36. The number of halogens is 1. The molecule has 0 unspecified atom stereocenters. The standard InChI is InChI=1S/C19H22ClN5S/c20-15-13-23-19(22-6-3-9-25-10-7-21-8-11-25)24-18(15)17-12-14-4-1-2-5-16(14)26-17/h1-2,4-5,12-13,21H,3,6-11H2,(H,22,23,24). The lowest BCUT2D eigenvalue weighted by Gasteiger charge is -2.27. The smallest absolute Gasteiger partial charge is 0.223 e. The number of benzene rings is 1. The molecule has 0 atom stereocenters. The van der Waals surface area contributed by atoms with Crippen molar-refractivity contribution >= 4 is 39.0 Å². The van der Waals surface area contributed by atoms with Gasteiger partial charge in [0.05, 0.1) is 16.1 Å². The normalized spacial score (nSPS) is 15.4. The van der Waals surface area contributed by atoms with Gasteiger partial charge in [-0.15, -0.1) is 11.3 Å². The number of hydrogen-bond donors (Lipinski definition) is 2. The first kappa shape index (κ1) is 17.7. The molecule has 3 heterocycles. The monoisotopic (exact) mass is 387 g/mol. The third-order valence-corrected chi connectivity index (χ3v) is 5.95. The molecule has 1 aromatic carbocycles. The Morgan fingerprint density at radius 2 is 2.08 bits per heavy atom.